The zero-order chi connectivity index (χ0) is 15.5. The molecule has 4 nitrogen and oxygen atoms in total. The summed E-state index contributed by atoms with van der Waals surface area (Å²) in [7, 11) is 0. The molecular weight excluding hydrogens is 294 g/mol. The van der Waals surface area contributed by atoms with Crippen LogP contribution in [0.1, 0.15) is 16.8 Å². The summed E-state index contributed by atoms with van der Waals surface area (Å²) >= 11 is 1.34. The standard InChI is InChI=1S/C17H15N3OS/c1-11-6-5-7-12(2)15(11)19-17-20-16(21)14(22-17)10-13-8-3-4-9-18-13/h3-10H,1-2H3,(H,19,20,21)/b14-10-. The van der Waals surface area contributed by atoms with Crippen LogP contribution >= 0.6 is 11.8 Å². The van der Waals surface area contributed by atoms with Crippen LogP contribution in [0.3, 0.4) is 0 Å². The largest absolute Gasteiger partial charge is 0.300 e. The van der Waals surface area contributed by atoms with E-state index in [-0.39, 0.29) is 5.91 Å². The Morgan fingerprint density at radius 3 is 2.59 bits per heavy atom. The van der Waals surface area contributed by atoms with Crippen molar-refractivity contribution < 1.29 is 4.79 Å². The molecule has 3 rings (SSSR count). The SMILES string of the molecule is Cc1cccc(C)c1N=C1NC(=O)/C(=C/c2ccccn2)S1. The Morgan fingerprint density at radius 1 is 1.14 bits per heavy atom. The van der Waals surface area contributed by atoms with Crippen LogP contribution < -0.4 is 5.32 Å². The first-order valence-corrected chi connectivity index (χ1v) is 7.72. The normalized spacial score (nSPS) is 18.0. The van der Waals surface area contributed by atoms with E-state index < -0.39 is 0 Å². The number of benzene rings is 1. The summed E-state index contributed by atoms with van der Waals surface area (Å²) in [5.41, 5.74) is 3.84. The van der Waals surface area contributed by atoms with Gasteiger partial charge < -0.3 is 5.32 Å². The number of pyridine rings is 1. The van der Waals surface area contributed by atoms with Crippen molar-refractivity contribution in [2.24, 2.45) is 4.99 Å². The van der Waals surface area contributed by atoms with Gasteiger partial charge in [-0.1, -0.05) is 24.3 Å². The van der Waals surface area contributed by atoms with Gasteiger partial charge in [0.2, 0.25) is 0 Å². The third-order valence-corrected chi connectivity index (χ3v) is 4.18. The number of nitrogens with one attached hydrogen (secondary N) is 1. The summed E-state index contributed by atoms with van der Waals surface area (Å²) in [6.07, 6.45) is 3.48. The predicted octanol–water partition coefficient (Wildman–Crippen LogP) is 3.59. The lowest BCUT2D eigenvalue weighted by Gasteiger charge is -2.04. The van der Waals surface area contributed by atoms with Crippen LogP contribution in [-0.4, -0.2) is 16.1 Å². The molecule has 0 unspecified atom stereocenters. The van der Waals surface area contributed by atoms with Crippen molar-refractivity contribution in [3.63, 3.8) is 0 Å². The zero-order valence-corrected chi connectivity index (χ0v) is 13.1. The molecule has 0 bridgehead atoms. The number of rotatable bonds is 2. The molecule has 0 saturated carbocycles. The minimum Gasteiger partial charge on any atom is -0.300 e. The van der Waals surface area contributed by atoms with Gasteiger partial charge in [0.1, 0.15) is 0 Å². The lowest BCUT2D eigenvalue weighted by Crippen LogP contribution is -2.19. The van der Waals surface area contributed by atoms with Crippen molar-refractivity contribution in [2.75, 3.05) is 0 Å². The van der Waals surface area contributed by atoms with Gasteiger partial charge in [0.25, 0.3) is 5.91 Å². The molecule has 0 aliphatic carbocycles. The van der Waals surface area contributed by atoms with Gasteiger partial charge in [-0.3, -0.25) is 9.78 Å². The molecule has 1 saturated heterocycles. The molecule has 2 heterocycles. The molecule has 110 valence electrons. The number of aromatic nitrogens is 1. The molecule has 22 heavy (non-hydrogen) atoms. The number of amidine groups is 1. The van der Waals surface area contributed by atoms with Gasteiger partial charge in [-0.2, -0.15) is 0 Å². The Labute approximate surface area is 133 Å². The summed E-state index contributed by atoms with van der Waals surface area (Å²) in [6.45, 7) is 4.02. The first-order valence-electron chi connectivity index (χ1n) is 6.90. The number of para-hydroxylation sites is 1. The highest BCUT2D eigenvalue weighted by atomic mass is 32.2. The van der Waals surface area contributed by atoms with Gasteiger partial charge in [0.05, 0.1) is 16.3 Å². The van der Waals surface area contributed by atoms with Crippen LogP contribution in [-0.2, 0) is 4.79 Å². The van der Waals surface area contributed by atoms with Crippen LogP contribution in [0, 0.1) is 13.8 Å². The summed E-state index contributed by atoms with van der Waals surface area (Å²) in [6, 6.07) is 11.6. The van der Waals surface area contributed by atoms with Crippen molar-refractivity contribution in [3.8, 4) is 0 Å². The van der Waals surface area contributed by atoms with Crippen molar-refractivity contribution in [2.45, 2.75) is 13.8 Å². The molecule has 1 aromatic carbocycles. The number of aryl methyl sites for hydroxylation is 2. The lowest BCUT2D eigenvalue weighted by atomic mass is 10.1. The molecule has 1 aliphatic rings. The fourth-order valence-corrected chi connectivity index (χ4v) is 2.97. The highest BCUT2D eigenvalue weighted by Crippen LogP contribution is 2.30. The third-order valence-electron chi connectivity index (χ3n) is 3.27. The fourth-order valence-electron chi connectivity index (χ4n) is 2.16. The quantitative estimate of drug-likeness (QED) is 0.863. The van der Waals surface area contributed by atoms with Gasteiger partial charge in [-0.05, 0) is 54.9 Å². The maximum absolute atomic E-state index is 12.0. The van der Waals surface area contributed by atoms with Crippen LogP contribution in [0.5, 0.6) is 0 Å². The molecule has 1 aliphatic heterocycles. The average Bonchev–Trinajstić information content (AvgIpc) is 2.84. The van der Waals surface area contributed by atoms with E-state index in [2.05, 4.69) is 15.3 Å². The fraction of sp³-hybridized carbons (Fsp3) is 0.118. The minimum atomic E-state index is -0.138. The first-order chi connectivity index (χ1) is 10.6. The maximum atomic E-state index is 12.0. The monoisotopic (exact) mass is 309 g/mol. The second-order valence-electron chi connectivity index (χ2n) is 4.98. The van der Waals surface area contributed by atoms with Crippen LogP contribution in [0.2, 0.25) is 0 Å². The van der Waals surface area contributed by atoms with Gasteiger partial charge in [0, 0.05) is 6.20 Å². The molecule has 5 heteroatoms. The zero-order valence-electron chi connectivity index (χ0n) is 12.3. The number of carbonyl (C=O) groups excluding carboxylic acids is 1. The number of hydrogen-bond acceptors (Lipinski definition) is 4. The first kappa shape index (κ1) is 14.5. The Hall–Kier alpha value is -2.40. The van der Waals surface area contributed by atoms with Crippen molar-refractivity contribution >= 4 is 34.6 Å². The summed E-state index contributed by atoms with van der Waals surface area (Å²) in [5, 5.41) is 3.41. The minimum absolute atomic E-state index is 0.138. The molecule has 1 N–H and O–H groups in total. The maximum Gasteiger partial charge on any atom is 0.264 e. The Balaban J connectivity index is 1.89. The Morgan fingerprint density at radius 2 is 1.91 bits per heavy atom. The van der Waals surface area contributed by atoms with E-state index in [1.165, 1.54) is 11.8 Å². The highest BCUT2D eigenvalue weighted by molar-refractivity contribution is 8.18. The number of amides is 1. The van der Waals surface area contributed by atoms with Crippen LogP contribution in [0.15, 0.2) is 52.5 Å². The molecule has 0 atom stereocenters. The van der Waals surface area contributed by atoms with E-state index in [9.17, 15) is 4.79 Å². The summed E-state index contributed by atoms with van der Waals surface area (Å²) < 4.78 is 0. The van der Waals surface area contributed by atoms with E-state index in [0.29, 0.717) is 10.1 Å². The predicted molar refractivity (Wildman–Crippen MR) is 91.0 cm³/mol. The highest BCUT2D eigenvalue weighted by Gasteiger charge is 2.24. The second kappa shape index (κ2) is 6.15. The molecule has 1 amide bonds. The number of nitrogens with zero attached hydrogens (tertiary/aromatic N) is 2. The average molecular weight is 309 g/mol. The van der Waals surface area contributed by atoms with Crippen LogP contribution in [0.4, 0.5) is 5.69 Å². The topological polar surface area (TPSA) is 54.4 Å². The number of carbonyl (C=O) groups is 1. The van der Waals surface area contributed by atoms with Crippen molar-refractivity contribution in [3.05, 3.63) is 64.3 Å². The molecule has 0 spiro atoms. The van der Waals surface area contributed by atoms with E-state index in [0.717, 1.165) is 22.5 Å². The summed E-state index contributed by atoms with van der Waals surface area (Å²) in [4.78, 5) is 21.4. The van der Waals surface area contributed by atoms with Gasteiger partial charge in [-0.15, -0.1) is 0 Å². The molecule has 2 aromatic rings. The number of hydrogen-bond donors (Lipinski definition) is 1. The molecule has 1 aromatic heterocycles. The van der Waals surface area contributed by atoms with Crippen molar-refractivity contribution in [1.29, 1.82) is 0 Å². The number of aliphatic imine (C=N–C) groups is 1. The van der Waals surface area contributed by atoms with Gasteiger partial charge in [-0.25, -0.2) is 4.99 Å². The van der Waals surface area contributed by atoms with E-state index in [1.807, 2.05) is 50.2 Å². The lowest BCUT2D eigenvalue weighted by molar-refractivity contribution is -0.115. The Bertz CT molecular complexity index is 761. The van der Waals surface area contributed by atoms with E-state index in [4.69, 9.17) is 0 Å². The van der Waals surface area contributed by atoms with Crippen molar-refractivity contribution in [1.82, 2.24) is 10.3 Å². The molecule has 1 fully saturated rings. The molecule has 0 radical (unpaired) electrons. The number of thioether (sulfide) groups is 1. The van der Waals surface area contributed by atoms with Gasteiger partial charge >= 0.3 is 0 Å². The third kappa shape index (κ3) is 3.09. The smallest absolute Gasteiger partial charge is 0.264 e. The van der Waals surface area contributed by atoms with Gasteiger partial charge in [0.15, 0.2) is 5.17 Å². The molecular formula is C17H15N3OS. The van der Waals surface area contributed by atoms with E-state index in [1.54, 1.807) is 12.3 Å². The summed E-state index contributed by atoms with van der Waals surface area (Å²) in [5.74, 6) is -0.138. The Kier molecular flexibility index (Phi) is 4.06. The second-order valence-corrected chi connectivity index (χ2v) is 6.01. The van der Waals surface area contributed by atoms with Crippen LogP contribution in [0.25, 0.3) is 6.08 Å². The van der Waals surface area contributed by atoms with E-state index >= 15 is 0 Å².